The van der Waals surface area contributed by atoms with Gasteiger partial charge in [0.15, 0.2) is 0 Å². The maximum absolute atomic E-state index is 12.7. The molecule has 1 aliphatic rings. The number of amidine groups is 1. The first kappa shape index (κ1) is 22.2. The normalized spacial score (nSPS) is 15.5. The number of nitrogens with two attached hydrogens (primary N) is 1. The third-order valence-electron chi connectivity index (χ3n) is 5.84. The highest BCUT2D eigenvalue weighted by molar-refractivity contribution is 6.05. The summed E-state index contributed by atoms with van der Waals surface area (Å²) in [5, 5.41) is 12.0. The summed E-state index contributed by atoms with van der Waals surface area (Å²) in [5.41, 5.74) is 11.2. The molecule has 33 heavy (non-hydrogen) atoms. The fraction of sp³-hybridized carbons (Fsp3) is 0.231. The van der Waals surface area contributed by atoms with Crippen LogP contribution in [0, 0.1) is 5.92 Å². The molecule has 0 bridgehead atoms. The zero-order valence-electron chi connectivity index (χ0n) is 18.2. The Bertz CT molecular complexity index is 1170. The predicted octanol–water partition coefficient (Wildman–Crippen LogP) is 3.82. The van der Waals surface area contributed by atoms with Crippen molar-refractivity contribution < 1.29 is 14.7 Å². The van der Waals surface area contributed by atoms with E-state index in [0.29, 0.717) is 17.9 Å². The summed E-state index contributed by atoms with van der Waals surface area (Å²) in [6, 6.07) is 18.5. The van der Waals surface area contributed by atoms with E-state index < -0.39 is 5.97 Å². The van der Waals surface area contributed by atoms with Crippen LogP contribution in [0.2, 0.25) is 0 Å². The Morgan fingerprint density at radius 1 is 1.06 bits per heavy atom. The fourth-order valence-corrected chi connectivity index (χ4v) is 4.07. The van der Waals surface area contributed by atoms with Crippen molar-refractivity contribution >= 4 is 23.4 Å². The van der Waals surface area contributed by atoms with Crippen LogP contribution in [0.1, 0.15) is 45.6 Å². The topological polar surface area (TPSA) is 118 Å². The van der Waals surface area contributed by atoms with Gasteiger partial charge in [-0.15, -0.1) is 0 Å². The van der Waals surface area contributed by atoms with Crippen molar-refractivity contribution in [1.29, 1.82) is 0 Å². The molecular weight excluding hydrogens is 416 g/mol. The molecule has 7 heteroatoms. The number of carbonyl (C=O) groups is 2. The molecule has 1 atom stereocenters. The van der Waals surface area contributed by atoms with Crippen molar-refractivity contribution in [2.45, 2.75) is 32.2 Å². The van der Waals surface area contributed by atoms with E-state index in [0.717, 1.165) is 41.8 Å². The van der Waals surface area contributed by atoms with E-state index in [2.05, 4.69) is 15.3 Å². The number of aliphatic carboxylic acids is 1. The summed E-state index contributed by atoms with van der Waals surface area (Å²) in [5.74, 6) is -0.387. The standard InChI is InChI=1S/C26H26N4O3/c27-25(29-16-23-3-1-2-12-28-23)18-6-8-19(9-7-18)26(33)30-22-11-10-20-13-17(14-24(31)32)4-5-21(20)15-22/h1-3,6-12,15,17H,4-5,13-14,16H2,(H2,27,29)(H,30,33)(H,31,32). The number of carboxylic acids is 1. The molecule has 0 spiro atoms. The Hall–Kier alpha value is -4.00. The number of carboxylic acid groups (broad SMARTS) is 1. The molecule has 0 saturated carbocycles. The van der Waals surface area contributed by atoms with Crippen molar-refractivity contribution in [3.63, 3.8) is 0 Å². The smallest absolute Gasteiger partial charge is 0.303 e. The number of hydrogen-bond acceptors (Lipinski definition) is 4. The second-order valence-electron chi connectivity index (χ2n) is 8.24. The average molecular weight is 443 g/mol. The molecule has 0 radical (unpaired) electrons. The van der Waals surface area contributed by atoms with E-state index in [4.69, 9.17) is 10.8 Å². The van der Waals surface area contributed by atoms with Crippen molar-refractivity contribution in [2.24, 2.45) is 16.6 Å². The minimum atomic E-state index is -0.750. The first-order valence-electron chi connectivity index (χ1n) is 10.9. The highest BCUT2D eigenvalue weighted by atomic mass is 16.4. The minimum absolute atomic E-state index is 0.175. The van der Waals surface area contributed by atoms with E-state index in [1.807, 2.05) is 36.4 Å². The minimum Gasteiger partial charge on any atom is -0.481 e. The van der Waals surface area contributed by atoms with Crippen LogP contribution in [-0.4, -0.2) is 27.8 Å². The van der Waals surface area contributed by atoms with Gasteiger partial charge in [0.1, 0.15) is 5.84 Å². The predicted molar refractivity (Wildman–Crippen MR) is 127 cm³/mol. The van der Waals surface area contributed by atoms with Crippen LogP contribution in [-0.2, 0) is 24.2 Å². The largest absolute Gasteiger partial charge is 0.481 e. The number of rotatable bonds is 7. The summed E-state index contributed by atoms with van der Waals surface area (Å²) in [4.78, 5) is 32.3. The van der Waals surface area contributed by atoms with E-state index in [-0.39, 0.29) is 18.2 Å². The maximum Gasteiger partial charge on any atom is 0.303 e. The first-order valence-corrected chi connectivity index (χ1v) is 10.9. The summed E-state index contributed by atoms with van der Waals surface area (Å²) in [7, 11) is 0. The van der Waals surface area contributed by atoms with Gasteiger partial charge in [-0.05, 0) is 72.7 Å². The van der Waals surface area contributed by atoms with Gasteiger partial charge in [-0.3, -0.25) is 19.6 Å². The van der Waals surface area contributed by atoms with Crippen molar-refractivity contribution in [3.8, 4) is 0 Å². The van der Waals surface area contributed by atoms with E-state index in [9.17, 15) is 9.59 Å². The van der Waals surface area contributed by atoms with Crippen LogP contribution in [0.4, 0.5) is 5.69 Å². The lowest BCUT2D eigenvalue weighted by Gasteiger charge is -2.24. The maximum atomic E-state index is 12.7. The Labute approximate surface area is 192 Å². The number of aromatic nitrogens is 1. The third kappa shape index (κ3) is 5.83. The summed E-state index contributed by atoms with van der Waals surface area (Å²) >= 11 is 0. The Balaban J connectivity index is 1.37. The lowest BCUT2D eigenvalue weighted by molar-refractivity contribution is -0.138. The number of carbonyl (C=O) groups excluding carboxylic acids is 1. The Kier molecular flexibility index (Phi) is 6.78. The van der Waals surface area contributed by atoms with Gasteiger partial charge in [0.2, 0.25) is 0 Å². The van der Waals surface area contributed by atoms with Crippen molar-refractivity contribution in [1.82, 2.24) is 4.98 Å². The summed E-state index contributed by atoms with van der Waals surface area (Å²) < 4.78 is 0. The molecule has 1 amide bonds. The highest BCUT2D eigenvalue weighted by Crippen LogP contribution is 2.29. The summed E-state index contributed by atoms with van der Waals surface area (Å²) in [6.45, 7) is 0.393. The molecule has 1 heterocycles. The molecule has 1 aliphatic carbocycles. The highest BCUT2D eigenvalue weighted by Gasteiger charge is 2.21. The molecule has 3 aromatic rings. The van der Waals surface area contributed by atoms with Crippen LogP contribution in [0.3, 0.4) is 0 Å². The van der Waals surface area contributed by atoms with Gasteiger partial charge in [-0.1, -0.05) is 24.3 Å². The number of anilines is 1. The molecule has 1 unspecified atom stereocenters. The SMILES string of the molecule is NC(=NCc1ccccn1)c1ccc(C(=O)Nc2ccc3c(c2)CCC(CC(=O)O)C3)cc1. The lowest BCUT2D eigenvalue weighted by atomic mass is 9.82. The quantitative estimate of drug-likeness (QED) is 0.380. The van der Waals surface area contributed by atoms with Crippen molar-refractivity contribution in [2.75, 3.05) is 5.32 Å². The number of aliphatic imine (C=N–C) groups is 1. The monoisotopic (exact) mass is 442 g/mol. The molecular formula is C26H26N4O3. The van der Waals surface area contributed by atoms with Gasteiger partial charge in [-0.2, -0.15) is 0 Å². The number of benzene rings is 2. The van der Waals surface area contributed by atoms with Crippen molar-refractivity contribution in [3.05, 3.63) is 94.8 Å². The molecule has 168 valence electrons. The van der Waals surface area contributed by atoms with Gasteiger partial charge in [0.25, 0.3) is 5.91 Å². The number of pyridine rings is 1. The van der Waals surface area contributed by atoms with Crippen LogP contribution < -0.4 is 11.1 Å². The van der Waals surface area contributed by atoms with Gasteiger partial charge in [0, 0.05) is 29.4 Å². The molecule has 0 saturated heterocycles. The number of nitrogens with zero attached hydrogens (tertiary/aromatic N) is 2. The van der Waals surface area contributed by atoms with Crippen LogP contribution in [0.25, 0.3) is 0 Å². The molecule has 7 nitrogen and oxygen atoms in total. The molecule has 0 fully saturated rings. The van der Waals surface area contributed by atoms with Crippen LogP contribution in [0.5, 0.6) is 0 Å². The van der Waals surface area contributed by atoms with Gasteiger partial charge < -0.3 is 16.2 Å². The van der Waals surface area contributed by atoms with Gasteiger partial charge in [-0.25, -0.2) is 0 Å². The second kappa shape index (κ2) is 10.1. The molecule has 0 aliphatic heterocycles. The number of fused-ring (bicyclic) bond motifs is 1. The van der Waals surface area contributed by atoms with E-state index >= 15 is 0 Å². The van der Waals surface area contributed by atoms with Gasteiger partial charge >= 0.3 is 5.97 Å². The second-order valence-corrected chi connectivity index (χ2v) is 8.24. The van der Waals surface area contributed by atoms with E-state index in [1.54, 1.807) is 30.5 Å². The molecule has 4 rings (SSSR count). The number of amides is 1. The van der Waals surface area contributed by atoms with Gasteiger partial charge in [0.05, 0.1) is 12.2 Å². The zero-order chi connectivity index (χ0) is 23.2. The van der Waals surface area contributed by atoms with Crippen LogP contribution in [0.15, 0.2) is 71.9 Å². The Morgan fingerprint density at radius 3 is 2.58 bits per heavy atom. The number of aryl methyl sites for hydroxylation is 1. The third-order valence-corrected chi connectivity index (χ3v) is 5.84. The molecule has 2 aromatic carbocycles. The van der Waals surface area contributed by atoms with Crippen LogP contribution >= 0.6 is 0 Å². The molecule has 1 aromatic heterocycles. The molecule has 4 N–H and O–H groups in total. The zero-order valence-corrected chi connectivity index (χ0v) is 18.2. The number of nitrogens with one attached hydrogen (secondary N) is 1. The fourth-order valence-electron chi connectivity index (χ4n) is 4.07. The Morgan fingerprint density at radius 2 is 1.85 bits per heavy atom. The number of hydrogen-bond donors (Lipinski definition) is 3. The first-order chi connectivity index (χ1) is 16.0. The average Bonchev–Trinajstić information content (AvgIpc) is 2.83. The van der Waals surface area contributed by atoms with E-state index in [1.165, 1.54) is 5.56 Å². The lowest BCUT2D eigenvalue weighted by Crippen LogP contribution is -2.18. The summed E-state index contributed by atoms with van der Waals surface area (Å²) in [6.07, 6.45) is 4.35.